The third-order valence-electron chi connectivity index (χ3n) is 2.52. The van der Waals surface area contributed by atoms with Crippen molar-refractivity contribution in [2.75, 3.05) is 12.4 Å². The summed E-state index contributed by atoms with van der Waals surface area (Å²) in [5.41, 5.74) is -0.413. The van der Waals surface area contributed by atoms with Gasteiger partial charge in [-0.25, -0.2) is 8.78 Å². The summed E-state index contributed by atoms with van der Waals surface area (Å²) < 4.78 is 31.8. The smallest absolute Gasteiger partial charge is 0.251 e. The molecule has 1 amide bonds. The van der Waals surface area contributed by atoms with Crippen LogP contribution in [0.1, 0.15) is 22.1 Å². The van der Waals surface area contributed by atoms with E-state index < -0.39 is 17.5 Å². The average molecular weight is 282 g/mol. The molecule has 0 atom stereocenters. The average Bonchev–Trinajstić information content (AvgIpc) is 2.81. The molecule has 0 saturated heterocycles. The zero-order chi connectivity index (χ0) is 14.7. The summed E-state index contributed by atoms with van der Waals surface area (Å²) in [4.78, 5) is 15.7. The minimum Gasteiger partial charge on any atom is -0.383 e. The predicted octanol–water partition coefficient (Wildman–Crippen LogP) is 1.63. The minimum atomic E-state index is -0.841. The molecule has 106 valence electrons. The van der Waals surface area contributed by atoms with Gasteiger partial charge in [0.15, 0.2) is 5.82 Å². The van der Waals surface area contributed by atoms with Crippen molar-refractivity contribution in [1.82, 2.24) is 15.5 Å². The van der Waals surface area contributed by atoms with E-state index in [-0.39, 0.29) is 23.7 Å². The lowest BCUT2D eigenvalue weighted by atomic mass is 10.1. The lowest BCUT2D eigenvalue weighted by Crippen LogP contribution is -2.23. The van der Waals surface area contributed by atoms with E-state index in [4.69, 9.17) is 4.52 Å². The summed E-state index contributed by atoms with van der Waals surface area (Å²) in [5, 5.41) is 8.36. The monoisotopic (exact) mass is 282 g/mol. The second-order valence-electron chi connectivity index (χ2n) is 3.98. The van der Waals surface area contributed by atoms with Gasteiger partial charge in [0.05, 0.1) is 6.54 Å². The van der Waals surface area contributed by atoms with Crippen molar-refractivity contribution in [2.24, 2.45) is 0 Å². The van der Waals surface area contributed by atoms with Crippen LogP contribution in [0.3, 0.4) is 0 Å². The summed E-state index contributed by atoms with van der Waals surface area (Å²) in [6, 6.07) is 1.90. The summed E-state index contributed by atoms with van der Waals surface area (Å²) in [5.74, 6) is -1.67. The van der Waals surface area contributed by atoms with Gasteiger partial charge in [0.2, 0.25) is 5.89 Å². The molecule has 0 spiro atoms. The van der Waals surface area contributed by atoms with Crippen molar-refractivity contribution >= 4 is 11.6 Å². The molecule has 0 aliphatic heterocycles. The van der Waals surface area contributed by atoms with E-state index >= 15 is 0 Å². The first-order chi connectivity index (χ1) is 9.51. The Hall–Kier alpha value is -2.51. The number of amides is 1. The van der Waals surface area contributed by atoms with Gasteiger partial charge in [0.1, 0.15) is 17.3 Å². The predicted molar refractivity (Wildman–Crippen MR) is 66.1 cm³/mol. The number of benzene rings is 1. The van der Waals surface area contributed by atoms with Crippen LogP contribution < -0.4 is 10.6 Å². The maximum Gasteiger partial charge on any atom is 0.251 e. The molecule has 2 rings (SSSR count). The number of aromatic nitrogens is 2. The van der Waals surface area contributed by atoms with Crippen LogP contribution in [0, 0.1) is 18.6 Å². The zero-order valence-corrected chi connectivity index (χ0v) is 10.8. The largest absolute Gasteiger partial charge is 0.383 e. The van der Waals surface area contributed by atoms with Crippen molar-refractivity contribution in [3.05, 3.63) is 41.0 Å². The number of carbonyl (C=O) groups is 1. The molecule has 1 heterocycles. The van der Waals surface area contributed by atoms with E-state index in [0.717, 1.165) is 12.1 Å². The topological polar surface area (TPSA) is 80.0 Å². The number of nitrogens with one attached hydrogen (secondary N) is 2. The fourth-order valence-electron chi connectivity index (χ4n) is 1.61. The molecular formula is C12H12F2N4O2. The summed E-state index contributed by atoms with van der Waals surface area (Å²) in [7, 11) is 1.39. The molecule has 1 aromatic carbocycles. The second kappa shape index (κ2) is 5.64. The molecule has 0 aliphatic carbocycles. The van der Waals surface area contributed by atoms with E-state index in [1.165, 1.54) is 7.05 Å². The van der Waals surface area contributed by atoms with Gasteiger partial charge in [-0.2, -0.15) is 4.98 Å². The van der Waals surface area contributed by atoms with Gasteiger partial charge >= 0.3 is 0 Å². The summed E-state index contributed by atoms with van der Waals surface area (Å²) in [6.45, 7) is 1.62. The van der Waals surface area contributed by atoms with Crippen molar-refractivity contribution in [1.29, 1.82) is 0 Å². The van der Waals surface area contributed by atoms with Gasteiger partial charge in [-0.3, -0.25) is 4.79 Å². The van der Waals surface area contributed by atoms with Crippen LogP contribution in [0.2, 0.25) is 0 Å². The quantitative estimate of drug-likeness (QED) is 0.891. The zero-order valence-electron chi connectivity index (χ0n) is 10.8. The molecule has 6 nitrogen and oxygen atoms in total. The molecule has 0 radical (unpaired) electrons. The highest BCUT2D eigenvalue weighted by Crippen LogP contribution is 2.20. The highest BCUT2D eigenvalue weighted by Gasteiger charge is 2.15. The second-order valence-corrected chi connectivity index (χ2v) is 3.98. The Morgan fingerprint density at radius 2 is 2.00 bits per heavy atom. The fraction of sp³-hybridized carbons (Fsp3) is 0.250. The molecular weight excluding hydrogens is 270 g/mol. The third-order valence-corrected chi connectivity index (χ3v) is 2.52. The molecule has 0 unspecified atom stereocenters. The van der Waals surface area contributed by atoms with Crippen molar-refractivity contribution in [3.8, 4) is 0 Å². The third kappa shape index (κ3) is 2.90. The first-order valence-electron chi connectivity index (χ1n) is 5.75. The van der Waals surface area contributed by atoms with Crippen LogP contribution in [0.5, 0.6) is 0 Å². The van der Waals surface area contributed by atoms with Gasteiger partial charge in [0, 0.05) is 12.6 Å². The van der Waals surface area contributed by atoms with Gasteiger partial charge in [-0.1, -0.05) is 5.16 Å². The van der Waals surface area contributed by atoms with Crippen LogP contribution in [0.4, 0.5) is 14.5 Å². The van der Waals surface area contributed by atoms with Crippen LogP contribution in [0.15, 0.2) is 16.7 Å². The Labute approximate surface area is 113 Å². The number of carbonyl (C=O) groups excluding carboxylic acids is 1. The van der Waals surface area contributed by atoms with Crippen molar-refractivity contribution in [3.63, 3.8) is 0 Å². The Morgan fingerprint density at radius 3 is 2.50 bits per heavy atom. The Kier molecular flexibility index (Phi) is 3.92. The maximum atomic E-state index is 13.5. The van der Waals surface area contributed by atoms with E-state index in [0.29, 0.717) is 5.82 Å². The number of rotatable bonds is 4. The lowest BCUT2D eigenvalue weighted by Gasteiger charge is -2.07. The molecule has 1 aromatic heterocycles. The molecule has 0 bridgehead atoms. The van der Waals surface area contributed by atoms with E-state index in [9.17, 15) is 13.6 Å². The van der Waals surface area contributed by atoms with E-state index in [1.54, 1.807) is 6.92 Å². The number of aryl methyl sites for hydroxylation is 1. The molecule has 0 saturated carbocycles. The number of hydrogen-bond acceptors (Lipinski definition) is 5. The highest BCUT2D eigenvalue weighted by atomic mass is 19.1. The molecule has 2 N–H and O–H groups in total. The number of nitrogens with zero attached hydrogens (tertiary/aromatic N) is 2. The van der Waals surface area contributed by atoms with Gasteiger partial charge < -0.3 is 15.2 Å². The normalized spacial score (nSPS) is 10.4. The summed E-state index contributed by atoms with van der Waals surface area (Å²) in [6.07, 6.45) is 0. The molecule has 0 aliphatic rings. The molecule has 0 fully saturated rings. The van der Waals surface area contributed by atoms with Gasteiger partial charge in [-0.05, 0) is 19.1 Å². The first kappa shape index (κ1) is 13.9. The Morgan fingerprint density at radius 1 is 1.35 bits per heavy atom. The summed E-state index contributed by atoms with van der Waals surface area (Å²) >= 11 is 0. The standard InChI is InChI=1S/C12H12F2N4O2/c1-6-17-10(20-18-6)5-16-12(19)7-3-8(13)11(15-2)9(14)4-7/h3-4,15H,5H2,1-2H3,(H,16,19). The van der Waals surface area contributed by atoms with Crippen LogP contribution in [-0.4, -0.2) is 23.1 Å². The van der Waals surface area contributed by atoms with E-state index in [2.05, 4.69) is 20.8 Å². The molecule has 2 aromatic rings. The maximum absolute atomic E-state index is 13.5. The SMILES string of the molecule is CNc1c(F)cc(C(=O)NCc2nc(C)no2)cc1F. The molecule has 20 heavy (non-hydrogen) atoms. The van der Waals surface area contributed by atoms with Crippen molar-refractivity contribution < 1.29 is 18.1 Å². The van der Waals surface area contributed by atoms with E-state index in [1.807, 2.05) is 0 Å². The lowest BCUT2D eigenvalue weighted by molar-refractivity contribution is 0.0945. The Bertz CT molecular complexity index is 619. The van der Waals surface area contributed by atoms with Gasteiger partial charge in [0.25, 0.3) is 5.91 Å². The highest BCUT2D eigenvalue weighted by molar-refractivity contribution is 5.94. The first-order valence-corrected chi connectivity index (χ1v) is 5.75. The molecule has 8 heteroatoms. The number of hydrogen-bond donors (Lipinski definition) is 2. The van der Waals surface area contributed by atoms with Crippen LogP contribution >= 0.6 is 0 Å². The Balaban J connectivity index is 2.09. The fourth-order valence-corrected chi connectivity index (χ4v) is 1.61. The van der Waals surface area contributed by atoms with Crippen molar-refractivity contribution in [2.45, 2.75) is 13.5 Å². The number of anilines is 1. The van der Waals surface area contributed by atoms with Crippen LogP contribution in [-0.2, 0) is 6.54 Å². The minimum absolute atomic E-state index is 0.0172. The van der Waals surface area contributed by atoms with Gasteiger partial charge in [-0.15, -0.1) is 0 Å². The van der Waals surface area contributed by atoms with Crippen LogP contribution in [0.25, 0.3) is 0 Å². The number of halogens is 2.